The van der Waals surface area contributed by atoms with Crippen molar-refractivity contribution in [3.63, 3.8) is 0 Å². The van der Waals surface area contributed by atoms with E-state index in [9.17, 15) is 4.39 Å². The van der Waals surface area contributed by atoms with E-state index in [-0.39, 0.29) is 5.82 Å². The average Bonchev–Trinajstić information content (AvgIpc) is 2.42. The van der Waals surface area contributed by atoms with Crippen molar-refractivity contribution in [2.75, 3.05) is 25.6 Å². The van der Waals surface area contributed by atoms with Crippen molar-refractivity contribution < 1.29 is 4.39 Å². The topological polar surface area (TPSA) is 15.3 Å². The van der Waals surface area contributed by atoms with Crippen molar-refractivity contribution in [2.45, 2.75) is 39.4 Å². The van der Waals surface area contributed by atoms with Crippen LogP contribution in [0.3, 0.4) is 0 Å². The van der Waals surface area contributed by atoms with Gasteiger partial charge in [-0.05, 0) is 44.8 Å². The maximum atomic E-state index is 13.9. The molecule has 0 aliphatic carbocycles. The summed E-state index contributed by atoms with van der Waals surface area (Å²) < 4.78 is 13.9. The van der Waals surface area contributed by atoms with E-state index in [0.717, 1.165) is 36.4 Å². The molecule has 0 saturated carbocycles. The molecule has 0 amide bonds. The number of thioether (sulfide) groups is 1. The molecule has 1 N–H and O–H groups in total. The van der Waals surface area contributed by atoms with Crippen LogP contribution in [0.1, 0.15) is 31.4 Å². The van der Waals surface area contributed by atoms with Crippen LogP contribution in [-0.2, 0) is 13.1 Å². The van der Waals surface area contributed by atoms with Crippen LogP contribution >= 0.6 is 11.8 Å². The lowest BCUT2D eigenvalue weighted by Crippen LogP contribution is -2.30. The van der Waals surface area contributed by atoms with Gasteiger partial charge in [-0.25, -0.2) is 4.39 Å². The molecule has 0 aliphatic heterocycles. The zero-order chi connectivity index (χ0) is 15.0. The van der Waals surface area contributed by atoms with Gasteiger partial charge in [0.05, 0.1) is 0 Å². The Kier molecular flexibility index (Phi) is 8.19. The van der Waals surface area contributed by atoms with Gasteiger partial charge in [0, 0.05) is 30.4 Å². The summed E-state index contributed by atoms with van der Waals surface area (Å²) in [6.45, 7) is 6.80. The minimum Gasteiger partial charge on any atom is -0.313 e. The Hall–Kier alpha value is -0.580. The summed E-state index contributed by atoms with van der Waals surface area (Å²) in [5.41, 5.74) is 1.94. The zero-order valence-electron chi connectivity index (χ0n) is 13.1. The first-order valence-corrected chi connectivity index (χ1v) is 8.65. The average molecular weight is 298 g/mol. The van der Waals surface area contributed by atoms with Crippen molar-refractivity contribution in [3.05, 3.63) is 35.1 Å². The Balaban J connectivity index is 2.65. The summed E-state index contributed by atoms with van der Waals surface area (Å²) in [5.74, 6) is 0.961. The van der Waals surface area contributed by atoms with Gasteiger partial charge in [0.1, 0.15) is 5.82 Å². The van der Waals surface area contributed by atoms with Gasteiger partial charge < -0.3 is 5.32 Å². The Morgan fingerprint density at radius 3 is 2.80 bits per heavy atom. The van der Waals surface area contributed by atoms with Crippen molar-refractivity contribution in [1.82, 2.24) is 10.2 Å². The summed E-state index contributed by atoms with van der Waals surface area (Å²) in [7, 11) is 2.06. The molecule has 1 atom stereocenters. The Morgan fingerprint density at radius 1 is 1.40 bits per heavy atom. The highest BCUT2D eigenvalue weighted by Gasteiger charge is 2.12. The van der Waals surface area contributed by atoms with Crippen LogP contribution < -0.4 is 5.32 Å². The second kappa shape index (κ2) is 9.37. The summed E-state index contributed by atoms with van der Waals surface area (Å²) in [4.78, 5) is 2.21. The maximum absolute atomic E-state index is 13.9. The van der Waals surface area contributed by atoms with E-state index in [0.29, 0.717) is 12.6 Å². The molecular weight excluding hydrogens is 271 g/mol. The van der Waals surface area contributed by atoms with E-state index in [1.807, 2.05) is 23.9 Å². The van der Waals surface area contributed by atoms with Gasteiger partial charge in [-0.15, -0.1) is 0 Å². The fourth-order valence-electron chi connectivity index (χ4n) is 2.06. The van der Waals surface area contributed by atoms with E-state index >= 15 is 0 Å². The lowest BCUT2D eigenvalue weighted by molar-refractivity contribution is 0.266. The van der Waals surface area contributed by atoms with Crippen LogP contribution in [0.25, 0.3) is 0 Å². The van der Waals surface area contributed by atoms with Crippen molar-refractivity contribution in [3.8, 4) is 0 Å². The summed E-state index contributed by atoms with van der Waals surface area (Å²) >= 11 is 1.82. The highest BCUT2D eigenvalue weighted by Crippen LogP contribution is 2.15. The smallest absolute Gasteiger partial charge is 0.127 e. The van der Waals surface area contributed by atoms with E-state index < -0.39 is 0 Å². The van der Waals surface area contributed by atoms with Crippen LogP contribution in [0.2, 0.25) is 0 Å². The maximum Gasteiger partial charge on any atom is 0.127 e. The normalized spacial score (nSPS) is 12.9. The van der Waals surface area contributed by atoms with Crippen LogP contribution in [0.4, 0.5) is 4.39 Å². The van der Waals surface area contributed by atoms with Gasteiger partial charge in [-0.2, -0.15) is 11.8 Å². The first kappa shape index (κ1) is 17.5. The molecule has 1 aromatic carbocycles. The third kappa shape index (κ3) is 5.81. The standard InChI is InChI=1S/C16H27FN2S/c1-5-8-18-10-14-6-7-16(17)15(9-14)11-19(3)13(2)12-20-4/h6-7,9,13,18H,5,8,10-12H2,1-4H3. The molecule has 1 rings (SSSR count). The minimum atomic E-state index is -0.104. The molecule has 4 heteroatoms. The number of nitrogens with zero attached hydrogens (tertiary/aromatic N) is 1. The molecule has 0 fully saturated rings. The predicted octanol–water partition coefficient (Wildman–Crippen LogP) is 3.51. The van der Waals surface area contributed by atoms with Gasteiger partial charge in [0.15, 0.2) is 0 Å². The molecule has 0 heterocycles. The lowest BCUT2D eigenvalue weighted by atomic mass is 10.1. The molecule has 1 aromatic rings. The molecular formula is C16H27FN2S. The SMILES string of the molecule is CCCNCc1ccc(F)c(CN(C)C(C)CSC)c1. The van der Waals surface area contributed by atoms with Gasteiger partial charge in [-0.3, -0.25) is 4.90 Å². The second-order valence-electron chi connectivity index (χ2n) is 5.32. The molecule has 114 valence electrons. The summed E-state index contributed by atoms with van der Waals surface area (Å²) in [6.07, 6.45) is 3.22. The molecule has 0 bridgehead atoms. The van der Waals surface area contributed by atoms with E-state index in [1.165, 1.54) is 0 Å². The van der Waals surface area contributed by atoms with Crippen LogP contribution in [0.5, 0.6) is 0 Å². The number of halogens is 1. The van der Waals surface area contributed by atoms with Gasteiger partial charge in [-0.1, -0.05) is 19.1 Å². The number of hydrogen-bond acceptors (Lipinski definition) is 3. The fourth-order valence-corrected chi connectivity index (χ4v) is 2.80. The Bertz CT molecular complexity index is 398. The Labute approximate surface area is 127 Å². The second-order valence-corrected chi connectivity index (χ2v) is 6.23. The van der Waals surface area contributed by atoms with Gasteiger partial charge >= 0.3 is 0 Å². The summed E-state index contributed by atoms with van der Waals surface area (Å²) in [6, 6.07) is 5.89. The monoisotopic (exact) mass is 298 g/mol. The quantitative estimate of drug-likeness (QED) is 0.702. The van der Waals surface area contributed by atoms with Crippen LogP contribution in [-0.4, -0.2) is 36.5 Å². The van der Waals surface area contributed by atoms with Gasteiger partial charge in [0.25, 0.3) is 0 Å². The number of hydrogen-bond donors (Lipinski definition) is 1. The molecule has 1 unspecified atom stereocenters. The van der Waals surface area contributed by atoms with E-state index in [4.69, 9.17) is 0 Å². The van der Waals surface area contributed by atoms with Crippen LogP contribution in [0.15, 0.2) is 18.2 Å². The molecule has 0 aliphatic rings. The lowest BCUT2D eigenvalue weighted by Gasteiger charge is -2.24. The highest BCUT2D eigenvalue weighted by atomic mass is 32.2. The molecule has 0 aromatic heterocycles. The molecule has 0 spiro atoms. The molecule has 20 heavy (non-hydrogen) atoms. The Morgan fingerprint density at radius 2 is 2.15 bits per heavy atom. The van der Waals surface area contributed by atoms with Crippen molar-refractivity contribution in [1.29, 1.82) is 0 Å². The van der Waals surface area contributed by atoms with E-state index in [2.05, 4.69) is 37.4 Å². The van der Waals surface area contributed by atoms with Gasteiger partial charge in [0.2, 0.25) is 0 Å². The third-order valence-corrected chi connectivity index (χ3v) is 4.26. The molecule has 0 radical (unpaired) electrons. The predicted molar refractivity (Wildman–Crippen MR) is 87.7 cm³/mol. The van der Waals surface area contributed by atoms with Crippen molar-refractivity contribution >= 4 is 11.8 Å². The minimum absolute atomic E-state index is 0.104. The first-order chi connectivity index (χ1) is 9.58. The number of nitrogens with one attached hydrogen (secondary N) is 1. The van der Waals surface area contributed by atoms with Crippen LogP contribution in [0, 0.1) is 5.82 Å². The number of rotatable bonds is 9. The highest BCUT2D eigenvalue weighted by molar-refractivity contribution is 7.98. The third-order valence-electron chi connectivity index (χ3n) is 3.45. The first-order valence-electron chi connectivity index (χ1n) is 7.25. The number of benzene rings is 1. The fraction of sp³-hybridized carbons (Fsp3) is 0.625. The van der Waals surface area contributed by atoms with E-state index in [1.54, 1.807) is 6.07 Å². The largest absolute Gasteiger partial charge is 0.313 e. The van der Waals surface area contributed by atoms with Crippen molar-refractivity contribution in [2.24, 2.45) is 0 Å². The zero-order valence-corrected chi connectivity index (χ0v) is 13.9. The molecule has 0 saturated heterocycles. The summed E-state index contributed by atoms with van der Waals surface area (Å²) in [5, 5.41) is 3.36. The molecule has 2 nitrogen and oxygen atoms in total.